The van der Waals surface area contributed by atoms with Crippen LogP contribution >= 0.6 is 11.3 Å². The molecular formula is C21H20N2O7S2. The standard InChI is InChI=1S/C21H20N2O7S2/c1-3-28-19(24)12-23-15-10-16-17(30-9-8-29-16)11-18(15)31-21(23)22-20(25)13-4-6-14(7-5-13)32(2,26)27/h4-7,10-11H,3,8-9,12H2,1-2H3. The minimum atomic E-state index is -3.37. The van der Waals surface area contributed by atoms with Crippen LogP contribution in [0.1, 0.15) is 17.3 Å². The number of nitrogens with zero attached hydrogens (tertiary/aromatic N) is 2. The molecule has 9 nitrogen and oxygen atoms in total. The van der Waals surface area contributed by atoms with Crippen LogP contribution in [0.2, 0.25) is 0 Å². The van der Waals surface area contributed by atoms with Crippen LogP contribution < -0.4 is 14.3 Å². The number of rotatable bonds is 5. The lowest BCUT2D eigenvalue weighted by Crippen LogP contribution is -2.23. The number of amides is 1. The van der Waals surface area contributed by atoms with Gasteiger partial charge in [-0.3, -0.25) is 9.59 Å². The SMILES string of the molecule is CCOC(=O)Cn1c(=NC(=O)c2ccc(S(C)(=O)=O)cc2)sc2cc3c(cc21)OCCO3. The third-order valence-corrected chi connectivity index (χ3v) is 6.84. The zero-order valence-electron chi connectivity index (χ0n) is 17.4. The van der Waals surface area contributed by atoms with Crippen LogP contribution in [0.15, 0.2) is 46.3 Å². The van der Waals surface area contributed by atoms with Gasteiger partial charge in [0.15, 0.2) is 26.1 Å². The van der Waals surface area contributed by atoms with Crippen LogP contribution in [-0.2, 0) is 25.9 Å². The lowest BCUT2D eigenvalue weighted by atomic mass is 10.2. The lowest BCUT2D eigenvalue weighted by Gasteiger charge is -2.18. The highest BCUT2D eigenvalue weighted by molar-refractivity contribution is 7.90. The van der Waals surface area contributed by atoms with E-state index in [4.69, 9.17) is 14.2 Å². The summed E-state index contributed by atoms with van der Waals surface area (Å²) in [5, 5.41) is 0. The number of carbonyl (C=O) groups excluding carboxylic acids is 2. The number of hydrogen-bond donors (Lipinski definition) is 0. The molecule has 1 amide bonds. The number of ether oxygens (including phenoxy) is 3. The first-order chi connectivity index (χ1) is 15.3. The van der Waals surface area contributed by atoms with E-state index in [0.29, 0.717) is 35.0 Å². The summed E-state index contributed by atoms with van der Waals surface area (Å²) in [4.78, 5) is 29.6. The Morgan fingerprint density at radius 1 is 1.12 bits per heavy atom. The second kappa shape index (κ2) is 8.75. The summed E-state index contributed by atoms with van der Waals surface area (Å²) in [6, 6.07) is 9.08. The molecule has 3 aromatic rings. The average Bonchev–Trinajstić information content (AvgIpc) is 3.07. The second-order valence-corrected chi connectivity index (χ2v) is 9.98. The molecule has 0 aliphatic carbocycles. The molecule has 0 fully saturated rings. The second-order valence-electron chi connectivity index (χ2n) is 6.95. The lowest BCUT2D eigenvalue weighted by molar-refractivity contribution is -0.143. The van der Waals surface area contributed by atoms with E-state index in [0.717, 1.165) is 11.0 Å². The smallest absolute Gasteiger partial charge is 0.326 e. The van der Waals surface area contributed by atoms with Crippen LogP contribution in [-0.4, -0.2) is 50.9 Å². The maximum atomic E-state index is 12.8. The predicted molar refractivity (Wildman–Crippen MR) is 117 cm³/mol. The summed E-state index contributed by atoms with van der Waals surface area (Å²) in [6.07, 6.45) is 1.09. The van der Waals surface area contributed by atoms with Gasteiger partial charge in [0.2, 0.25) is 0 Å². The third kappa shape index (κ3) is 4.53. The number of benzene rings is 2. The largest absolute Gasteiger partial charge is 0.486 e. The number of aromatic nitrogens is 1. The average molecular weight is 477 g/mol. The molecule has 4 rings (SSSR count). The van der Waals surface area contributed by atoms with Crippen LogP contribution in [0.5, 0.6) is 11.5 Å². The van der Waals surface area contributed by atoms with Crippen LogP contribution in [0.3, 0.4) is 0 Å². The molecule has 0 N–H and O–H groups in total. The fourth-order valence-electron chi connectivity index (χ4n) is 3.18. The van der Waals surface area contributed by atoms with Crippen molar-refractivity contribution in [2.75, 3.05) is 26.1 Å². The molecule has 1 aliphatic heterocycles. The summed E-state index contributed by atoms with van der Waals surface area (Å²) in [7, 11) is -3.37. The molecule has 0 unspecified atom stereocenters. The van der Waals surface area contributed by atoms with E-state index in [1.54, 1.807) is 23.6 Å². The normalized spacial score (nSPS) is 13.9. The van der Waals surface area contributed by atoms with E-state index in [-0.39, 0.29) is 23.6 Å². The first-order valence-electron chi connectivity index (χ1n) is 9.74. The highest BCUT2D eigenvalue weighted by Gasteiger charge is 2.19. The molecule has 0 spiro atoms. The van der Waals surface area contributed by atoms with Crippen molar-refractivity contribution in [3.8, 4) is 11.5 Å². The summed E-state index contributed by atoms with van der Waals surface area (Å²) in [6.45, 7) is 2.66. The van der Waals surface area contributed by atoms with Crippen molar-refractivity contribution < 1.29 is 32.2 Å². The fourth-order valence-corrected chi connectivity index (χ4v) is 4.84. The Morgan fingerprint density at radius 3 is 2.41 bits per heavy atom. The molecule has 11 heteroatoms. The minimum Gasteiger partial charge on any atom is -0.486 e. The quantitative estimate of drug-likeness (QED) is 0.519. The molecule has 1 aromatic heterocycles. The van der Waals surface area contributed by atoms with Gasteiger partial charge in [0.05, 0.1) is 21.7 Å². The van der Waals surface area contributed by atoms with E-state index >= 15 is 0 Å². The Morgan fingerprint density at radius 2 is 1.78 bits per heavy atom. The zero-order chi connectivity index (χ0) is 22.9. The molecular weight excluding hydrogens is 456 g/mol. The Kier molecular flexibility index (Phi) is 6.02. The molecule has 0 radical (unpaired) electrons. The highest BCUT2D eigenvalue weighted by Crippen LogP contribution is 2.35. The number of fused-ring (bicyclic) bond motifs is 2. The van der Waals surface area contributed by atoms with Crippen LogP contribution in [0.25, 0.3) is 10.2 Å². The first-order valence-corrected chi connectivity index (χ1v) is 12.4. The van der Waals surface area contributed by atoms with Gasteiger partial charge >= 0.3 is 5.97 Å². The predicted octanol–water partition coefficient (Wildman–Crippen LogP) is 2.18. The van der Waals surface area contributed by atoms with Gasteiger partial charge in [-0.2, -0.15) is 4.99 Å². The van der Waals surface area contributed by atoms with Gasteiger partial charge in [0, 0.05) is 24.0 Å². The van der Waals surface area contributed by atoms with Crippen molar-refractivity contribution in [2.24, 2.45) is 4.99 Å². The Bertz CT molecular complexity index is 1370. The maximum Gasteiger partial charge on any atom is 0.326 e. The van der Waals surface area contributed by atoms with E-state index in [9.17, 15) is 18.0 Å². The number of hydrogen-bond acceptors (Lipinski definition) is 8. The molecule has 2 heterocycles. The summed E-state index contributed by atoms with van der Waals surface area (Å²) in [5.74, 6) is 0.107. The van der Waals surface area contributed by atoms with Gasteiger partial charge < -0.3 is 18.8 Å². The van der Waals surface area contributed by atoms with Crippen LogP contribution in [0, 0.1) is 0 Å². The van der Waals surface area contributed by atoms with Crippen molar-refractivity contribution in [1.29, 1.82) is 0 Å². The van der Waals surface area contributed by atoms with Crippen molar-refractivity contribution in [2.45, 2.75) is 18.4 Å². The topological polar surface area (TPSA) is 113 Å². The van der Waals surface area contributed by atoms with Gasteiger partial charge in [-0.25, -0.2) is 8.42 Å². The van der Waals surface area contributed by atoms with Crippen molar-refractivity contribution in [3.05, 3.63) is 46.8 Å². The van der Waals surface area contributed by atoms with Crippen molar-refractivity contribution in [3.63, 3.8) is 0 Å². The molecule has 2 aromatic carbocycles. The van der Waals surface area contributed by atoms with E-state index in [2.05, 4.69) is 4.99 Å². The molecule has 32 heavy (non-hydrogen) atoms. The maximum absolute atomic E-state index is 12.8. The van der Waals surface area contributed by atoms with Crippen LogP contribution in [0.4, 0.5) is 0 Å². The minimum absolute atomic E-state index is 0.110. The Hall–Kier alpha value is -3.18. The van der Waals surface area contributed by atoms with E-state index in [1.807, 2.05) is 0 Å². The van der Waals surface area contributed by atoms with Gasteiger partial charge in [0.25, 0.3) is 5.91 Å². The monoisotopic (exact) mass is 476 g/mol. The molecule has 0 saturated carbocycles. The van der Waals surface area contributed by atoms with E-state index in [1.165, 1.54) is 35.6 Å². The first kappa shape index (κ1) is 22.0. The van der Waals surface area contributed by atoms with Crippen molar-refractivity contribution >= 4 is 43.3 Å². The number of thiazole rings is 1. The highest BCUT2D eigenvalue weighted by atomic mass is 32.2. The van der Waals surface area contributed by atoms with Crippen molar-refractivity contribution in [1.82, 2.24) is 4.57 Å². The number of sulfone groups is 1. The number of carbonyl (C=O) groups is 2. The number of esters is 1. The van der Waals surface area contributed by atoms with Gasteiger partial charge in [0.1, 0.15) is 19.8 Å². The Labute approximate surface area is 187 Å². The summed E-state index contributed by atoms with van der Waals surface area (Å²) < 4.78 is 42.0. The zero-order valence-corrected chi connectivity index (χ0v) is 19.0. The third-order valence-electron chi connectivity index (χ3n) is 4.67. The fraction of sp³-hybridized carbons (Fsp3) is 0.286. The van der Waals surface area contributed by atoms with Gasteiger partial charge in [-0.1, -0.05) is 11.3 Å². The molecule has 0 bridgehead atoms. The molecule has 0 saturated heterocycles. The van der Waals surface area contributed by atoms with Gasteiger partial charge in [-0.05, 0) is 31.2 Å². The van der Waals surface area contributed by atoms with E-state index < -0.39 is 21.7 Å². The van der Waals surface area contributed by atoms with Gasteiger partial charge in [-0.15, -0.1) is 0 Å². The molecule has 1 aliphatic rings. The Balaban J connectivity index is 1.79. The summed E-state index contributed by atoms with van der Waals surface area (Å²) >= 11 is 1.22. The molecule has 0 atom stereocenters. The summed E-state index contributed by atoms with van der Waals surface area (Å²) in [5.41, 5.74) is 0.884. The molecule has 168 valence electrons.